The Balaban J connectivity index is 1.86. The van der Waals surface area contributed by atoms with Crippen molar-refractivity contribution in [2.24, 2.45) is 0 Å². The van der Waals surface area contributed by atoms with Crippen LogP contribution in [0.15, 0.2) is 45.6 Å². The third-order valence-corrected chi connectivity index (χ3v) is 5.68. The molecular formula is C22H22O4S. The molecule has 3 aromatic rings. The first-order valence-corrected chi connectivity index (χ1v) is 9.84. The monoisotopic (exact) mass is 382 g/mol. The summed E-state index contributed by atoms with van der Waals surface area (Å²) >= 11 is 1.67. The molecule has 0 radical (unpaired) electrons. The molecule has 0 aliphatic rings. The molecule has 0 saturated carbocycles. The van der Waals surface area contributed by atoms with Gasteiger partial charge in [-0.15, -0.1) is 0 Å². The van der Waals surface area contributed by atoms with Gasteiger partial charge in [0.05, 0.1) is 7.11 Å². The zero-order valence-corrected chi connectivity index (χ0v) is 16.7. The number of carbonyl (C=O) groups is 1. The van der Waals surface area contributed by atoms with Crippen LogP contribution in [0.5, 0.6) is 5.75 Å². The number of benzene rings is 2. The van der Waals surface area contributed by atoms with Gasteiger partial charge in [-0.3, -0.25) is 4.79 Å². The molecule has 1 heterocycles. The van der Waals surface area contributed by atoms with Crippen molar-refractivity contribution in [2.75, 3.05) is 7.11 Å². The maximum absolute atomic E-state index is 11.9. The normalized spacial score (nSPS) is 11.0. The standard InChI is InChI=1S/C22H22O4S/c1-13-7-19-17(10-22(24)26-21(19)8-14(13)2)11-27-12-18-9-16(15(3)23)5-6-20(18)25-4/h5-10H,11-12H2,1-4H3. The SMILES string of the molecule is COc1ccc(C(C)=O)cc1CSCc1cc(=O)oc2cc(C)c(C)cc12. The van der Waals surface area contributed by atoms with Crippen molar-refractivity contribution in [1.82, 2.24) is 0 Å². The number of rotatable bonds is 6. The quantitative estimate of drug-likeness (QED) is 0.441. The van der Waals surface area contributed by atoms with Crippen molar-refractivity contribution in [1.29, 1.82) is 0 Å². The predicted molar refractivity (Wildman–Crippen MR) is 110 cm³/mol. The lowest BCUT2D eigenvalue weighted by molar-refractivity contribution is 0.101. The molecule has 0 fully saturated rings. The molecule has 3 rings (SSSR count). The highest BCUT2D eigenvalue weighted by Crippen LogP contribution is 2.29. The first-order valence-electron chi connectivity index (χ1n) is 8.68. The minimum Gasteiger partial charge on any atom is -0.496 e. The van der Waals surface area contributed by atoms with Gasteiger partial charge in [0.25, 0.3) is 0 Å². The van der Waals surface area contributed by atoms with Crippen LogP contribution >= 0.6 is 11.8 Å². The molecule has 0 saturated heterocycles. The van der Waals surface area contributed by atoms with Gasteiger partial charge < -0.3 is 9.15 Å². The van der Waals surface area contributed by atoms with Crippen LogP contribution in [0.1, 0.15) is 39.5 Å². The van der Waals surface area contributed by atoms with E-state index < -0.39 is 0 Å². The highest BCUT2D eigenvalue weighted by atomic mass is 32.2. The van der Waals surface area contributed by atoms with Gasteiger partial charge in [0.2, 0.25) is 0 Å². The Morgan fingerprint density at radius 1 is 1.04 bits per heavy atom. The second kappa shape index (κ2) is 8.01. The van der Waals surface area contributed by atoms with E-state index in [1.54, 1.807) is 37.9 Å². The first-order chi connectivity index (χ1) is 12.9. The Hall–Kier alpha value is -2.53. The summed E-state index contributed by atoms with van der Waals surface area (Å²) in [5, 5.41) is 0.967. The zero-order chi connectivity index (χ0) is 19.6. The molecule has 0 N–H and O–H groups in total. The molecule has 0 amide bonds. The molecule has 0 atom stereocenters. The summed E-state index contributed by atoms with van der Waals surface area (Å²) in [7, 11) is 1.62. The topological polar surface area (TPSA) is 56.5 Å². The van der Waals surface area contributed by atoms with E-state index in [0.29, 0.717) is 22.7 Å². The van der Waals surface area contributed by atoms with Crippen molar-refractivity contribution in [3.05, 3.63) is 74.6 Å². The summed E-state index contributed by atoms with van der Waals surface area (Å²) in [6, 6.07) is 11.0. The smallest absolute Gasteiger partial charge is 0.336 e. The summed E-state index contributed by atoms with van der Waals surface area (Å²) < 4.78 is 10.8. The number of carbonyl (C=O) groups excluding carboxylic acids is 1. The number of fused-ring (bicyclic) bond motifs is 1. The molecule has 0 aliphatic carbocycles. The van der Waals surface area contributed by atoms with Crippen LogP contribution in [-0.4, -0.2) is 12.9 Å². The summed E-state index contributed by atoms with van der Waals surface area (Å²) in [6.07, 6.45) is 0. The van der Waals surface area contributed by atoms with E-state index in [1.165, 1.54) is 5.56 Å². The zero-order valence-electron chi connectivity index (χ0n) is 15.9. The molecule has 0 unspecified atom stereocenters. The average Bonchev–Trinajstić information content (AvgIpc) is 2.63. The Bertz CT molecular complexity index is 1070. The van der Waals surface area contributed by atoms with E-state index in [1.807, 2.05) is 25.1 Å². The van der Waals surface area contributed by atoms with Crippen LogP contribution < -0.4 is 10.4 Å². The van der Waals surface area contributed by atoms with Crippen LogP contribution in [0.4, 0.5) is 0 Å². The molecular weight excluding hydrogens is 360 g/mol. The lowest BCUT2D eigenvalue weighted by Crippen LogP contribution is -2.01. The van der Waals surface area contributed by atoms with E-state index in [0.717, 1.165) is 27.8 Å². The van der Waals surface area contributed by atoms with Crippen LogP contribution in [0.2, 0.25) is 0 Å². The summed E-state index contributed by atoms with van der Waals surface area (Å²) in [5.74, 6) is 2.13. The number of hydrogen-bond donors (Lipinski definition) is 0. The number of Topliss-reactive ketones (excluding diaryl/α,β-unsaturated/α-hetero) is 1. The van der Waals surface area contributed by atoms with Gasteiger partial charge in [0.1, 0.15) is 11.3 Å². The molecule has 5 heteroatoms. The third-order valence-electron chi connectivity index (χ3n) is 4.65. The maximum Gasteiger partial charge on any atom is 0.336 e. The molecule has 140 valence electrons. The molecule has 27 heavy (non-hydrogen) atoms. The highest BCUT2D eigenvalue weighted by Gasteiger charge is 2.11. The maximum atomic E-state index is 11.9. The Morgan fingerprint density at radius 2 is 1.74 bits per heavy atom. The average molecular weight is 382 g/mol. The minimum absolute atomic E-state index is 0.0291. The van der Waals surface area contributed by atoms with E-state index >= 15 is 0 Å². The minimum atomic E-state index is -0.336. The molecule has 2 aromatic carbocycles. The number of ketones is 1. The van der Waals surface area contributed by atoms with E-state index in [2.05, 4.69) is 13.0 Å². The van der Waals surface area contributed by atoms with Crippen LogP contribution in [-0.2, 0) is 11.5 Å². The van der Waals surface area contributed by atoms with Crippen LogP contribution in [0, 0.1) is 13.8 Å². The van der Waals surface area contributed by atoms with Crippen LogP contribution in [0.3, 0.4) is 0 Å². The fraction of sp³-hybridized carbons (Fsp3) is 0.273. The van der Waals surface area contributed by atoms with E-state index in [4.69, 9.17) is 9.15 Å². The van der Waals surface area contributed by atoms with Gasteiger partial charge in [-0.1, -0.05) is 0 Å². The molecule has 4 nitrogen and oxygen atoms in total. The fourth-order valence-electron chi connectivity index (χ4n) is 2.98. The van der Waals surface area contributed by atoms with Crippen molar-refractivity contribution in [3.63, 3.8) is 0 Å². The second-order valence-corrected chi connectivity index (χ2v) is 7.58. The van der Waals surface area contributed by atoms with Crippen LogP contribution in [0.25, 0.3) is 11.0 Å². The van der Waals surface area contributed by atoms with Gasteiger partial charge in [0, 0.05) is 34.1 Å². The number of aryl methyl sites for hydroxylation is 2. The highest BCUT2D eigenvalue weighted by molar-refractivity contribution is 7.97. The summed E-state index contributed by atoms with van der Waals surface area (Å²) in [4.78, 5) is 23.6. The van der Waals surface area contributed by atoms with E-state index in [-0.39, 0.29) is 11.4 Å². The lowest BCUT2D eigenvalue weighted by Gasteiger charge is -2.11. The van der Waals surface area contributed by atoms with Gasteiger partial charge in [-0.25, -0.2) is 4.79 Å². The largest absolute Gasteiger partial charge is 0.496 e. The van der Waals surface area contributed by atoms with Gasteiger partial charge in [-0.2, -0.15) is 11.8 Å². The van der Waals surface area contributed by atoms with E-state index in [9.17, 15) is 9.59 Å². The number of methoxy groups -OCH3 is 1. The molecule has 0 aliphatic heterocycles. The third kappa shape index (κ3) is 4.25. The summed E-state index contributed by atoms with van der Waals surface area (Å²) in [6.45, 7) is 5.61. The van der Waals surface area contributed by atoms with Crippen molar-refractivity contribution in [3.8, 4) is 5.75 Å². The molecule has 0 bridgehead atoms. The van der Waals surface area contributed by atoms with Gasteiger partial charge >= 0.3 is 5.63 Å². The van der Waals surface area contributed by atoms with Crippen molar-refractivity contribution < 1.29 is 13.9 Å². The second-order valence-electron chi connectivity index (χ2n) is 6.60. The number of hydrogen-bond acceptors (Lipinski definition) is 5. The molecule has 0 spiro atoms. The Morgan fingerprint density at radius 3 is 2.44 bits per heavy atom. The number of ether oxygens (including phenoxy) is 1. The summed E-state index contributed by atoms with van der Waals surface area (Å²) in [5.41, 5.74) is 5.14. The van der Waals surface area contributed by atoms with Gasteiger partial charge in [-0.05, 0) is 67.8 Å². The van der Waals surface area contributed by atoms with Crippen molar-refractivity contribution in [2.45, 2.75) is 32.3 Å². The first kappa shape index (κ1) is 19.2. The Labute approximate surface area is 162 Å². The Kier molecular flexibility index (Phi) is 5.71. The lowest BCUT2D eigenvalue weighted by atomic mass is 10.0. The molecule has 1 aromatic heterocycles. The van der Waals surface area contributed by atoms with Crippen molar-refractivity contribution >= 4 is 28.5 Å². The predicted octanol–water partition coefficient (Wildman–Crippen LogP) is 5.05. The van der Waals surface area contributed by atoms with Gasteiger partial charge in [0.15, 0.2) is 5.78 Å². The number of thioether (sulfide) groups is 1. The fourth-order valence-corrected chi connectivity index (χ4v) is 3.99.